The average molecular weight is 450 g/mol. The third-order valence-electron chi connectivity index (χ3n) is 4.57. The highest BCUT2D eigenvalue weighted by atomic mass is 32.2. The van der Waals surface area contributed by atoms with E-state index in [1.165, 1.54) is 69.8 Å². The van der Waals surface area contributed by atoms with Crippen LogP contribution < -0.4 is 0 Å². The summed E-state index contributed by atoms with van der Waals surface area (Å²) in [4.78, 5) is 2.79. The van der Waals surface area contributed by atoms with Gasteiger partial charge in [0.15, 0.2) is 8.68 Å². The number of benzene rings is 1. The zero-order valence-electron chi connectivity index (χ0n) is 17.3. The predicted octanol–water partition coefficient (Wildman–Crippen LogP) is 8.79. The molecule has 0 aliphatic carbocycles. The van der Waals surface area contributed by atoms with Gasteiger partial charge < -0.3 is 0 Å². The molecule has 0 unspecified atom stereocenters. The third-order valence-corrected chi connectivity index (χ3v) is 7.92. The van der Waals surface area contributed by atoms with Crippen molar-refractivity contribution in [3.8, 4) is 0 Å². The van der Waals surface area contributed by atoms with Crippen LogP contribution in [0.25, 0.3) is 10.4 Å². The molecule has 0 aliphatic heterocycles. The molecule has 0 saturated heterocycles. The highest BCUT2D eigenvalue weighted by Crippen LogP contribution is 2.31. The lowest BCUT2D eigenvalue weighted by Gasteiger charge is -2.01. The van der Waals surface area contributed by atoms with Crippen LogP contribution >= 0.6 is 34.9 Å². The number of aromatic nitrogens is 2. The van der Waals surface area contributed by atoms with E-state index in [4.69, 9.17) is 5.53 Å². The minimum Gasteiger partial charge on any atom is -0.131 e. The second kappa shape index (κ2) is 15.6. The highest BCUT2D eigenvalue weighted by Gasteiger charge is 2.06. The second-order valence-corrected chi connectivity index (χ2v) is 10.6. The molecule has 5 nitrogen and oxygen atoms in total. The molecular weight excluding hydrogens is 418 g/mol. The van der Waals surface area contributed by atoms with E-state index in [0.29, 0.717) is 5.69 Å². The van der Waals surface area contributed by atoms with Crippen LogP contribution in [0.5, 0.6) is 0 Å². The first-order valence-electron chi connectivity index (χ1n) is 10.5. The van der Waals surface area contributed by atoms with Gasteiger partial charge in [0.05, 0.1) is 0 Å². The van der Waals surface area contributed by atoms with Crippen LogP contribution in [0.1, 0.15) is 76.7 Å². The molecule has 0 saturated carbocycles. The minimum absolute atomic E-state index is 0.642. The van der Waals surface area contributed by atoms with Crippen molar-refractivity contribution < 1.29 is 0 Å². The Balaban J connectivity index is 1.52. The lowest BCUT2D eigenvalue weighted by atomic mass is 10.1. The Morgan fingerprint density at radius 2 is 1.45 bits per heavy atom. The molecule has 0 fully saturated rings. The summed E-state index contributed by atoms with van der Waals surface area (Å²) in [5.74, 6) is 1.98. The van der Waals surface area contributed by atoms with Gasteiger partial charge in [0.25, 0.3) is 0 Å². The number of hydrogen-bond acceptors (Lipinski definition) is 6. The smallest absolute Gasteiger partial charge is 0.131 e. The number of azide groups is 1. The summed E-state index contributed by atoms with van der Waals surface area (Å²) >= 11 is 5.22. The number of thioether (sulfide) groups is 2. The molecule has 0 radical (unpaired) electrons. The van der Waals surface area contributed by atoms with E-state index in [1.807, 2.05) is 36.0 Å². The van der Waals surface area contributed by atoms with E-state index in [1.54, 1.807) is 23.1 Å². The lowest BCUT2D eigenvalue weighted by Crippen LogP contribution is -1.84. The number of nitrogens with zero attached hydrogens (tertiary/aromatic N) is 5. The van der Waals surface area contributed by atoms with Gasteiger partial charge in [0.1, 0.15) is 0 Å². The fourth-order valence-corrected chi connectivity index (χ4v) is 5.96. The van der Waals surface area contributed by atoms with Gasteiger partial charge in [-0.2, -0.15) is 0 Å². The van der Waals surface area contributed by atoms with Crippen molar-refractivity contribution in [2.75, 3.05) is 5.75 Å². The van der Waals surface area contributed by atoms with Gasteiger partial charge in [-0.15, -0.1) is 10.2 Å². The van der Waals surface area contributed by atoms with Crippen LogP contribution in [0.2, 0.25) is 0 Å². The molecule has 0 amide bonds. The number of unbranched alkanes of at least 4 members (excludes halogenated alkanes) is 9. The van der Waals surface area contributed by atoms with Crippen LogP contribution in [-0.4, -0.2) is 16.0 Å². The Bertz CT molecular complexity index is 726. The molecule has 1 heterocycles. The van der Waals surface area contributed by atoms with Crippen LogP contribution in [0.4, 0.5) is 5.69 Å². The lowest BCUT2D eigenvalue weighted by molar-refractivity contribution is 0.563. The number of rotatable bonds is 16. The topological polar surface area (TPSA) is 74.5 Å². The Labute approximate surface area is 187 Å². The molecule has 8 heteroatoms. The van der Waals surface area contributed by atoms with Crippen molar-refractivity contribution in [3.63, 3.8) is 0 Å². The molecule has 2 rings (SSSR count). The van der Waals surface area contributed by atoms with E-state index in [2.05, 4.69) is 27.1 Å². The zero-order chi connectivity index (χ0) is 20.6. The summed E-state index contributed by atoms with van der Waals surface area (Å²) in [6.07, 6.45) is 13.7. The van der Waals surface area contributed by atoms with Gasteiger partial charge in [-0.3, -0.25) is 0 Å². The van der Waals surface area contributed by atoms with Crippen LogP contribution in [0.3, 0.4) is 0 Å². The summed E-state index contributed by atoms with van der Waals surface area (Å²) in [7, 11) is 0. The Hall–Kier alpha value is -1.21. The van der Waals surface area contributed by atoms with E-state index in [0.717, 1.165) is 20.2 Å². The van der Waals surface area contributed by atoms with Gasteiger partial charge in [0.2, 0.25) is 0 Å². The summed E-state index contributed by atoms with van der Waals surface area (Å²) in [5.41, 5.74) is 10.3. The molecule has 0 atom stereocenters. The molecule has 29 heavy (non-hydrogen) atoms. The monoisotopic (exact) mass is 449 g/mol. The predicted molar refractivity (Wildman–Crippen MR) is 127 cm³/mol. The molecule has 1 aromatic heterocycles. The largest absolute Gasteiger partial charge is 0.175 e. The van der Waals surface area contributed by atoms with Gasteiger partial charge >= 0.3 is 0 Å². The SMILES string of the molecule is CCCCCCCCCCCCSc1nnc(SCc2ccc(N=[N+]=[N-])cc2)s1. The van der Waals surface area contributed by atoms with Gasteiger partial charge in [-0.05, 0) is 17.5 Å². The third kappa shape index (κ3) is 10.9. The van der Waals surface area contributed by atoms with Gasteiger partial charge in [-0.1, -0.05) is 129 Å². The standard InChI is InChI=1S/C21H31N5S3/c1-2-3-4-5-6-7-8-9-10-11-16-27-20-24-25-21(29-20)28-17-18-12-14-19(15-13-18)23-26-22/h12-15H,2-11,16-17H2,1H3. The average Bonchev–Trinajstić information content (AvgIpc) is 3.19. The Kier molecular flexibility index (Phi) is 12.9. The first-order valence-corrected chi connectivity index (χ1v) is 13.3. The van der Waals surface area contributed by atoms with E-state index >= 15 is 0 Å². The maximum absolute atomic E-state index is 8.44. The second-order valence-electron chi connectivity index (χ2n) is 7.01. The molecule has 0 N–H and O–H groups in total. The molecule has 1 aromatic carbocycles. The summed E-state index contributed by atoms with van der Waals surface area (Å²) in [6, 6.07) is 7.64. The van der Waals surface area contributed by atoms with Crippen LogP contribution in [0, 0.1) is 0 Å². The fourth-order valence-electron chi connectivity index (χ4n) is 2.92. The maximum Gasteiger partial charge on any atom is 0.175 e. The highest BCUT2D eigenvalue weighted by molar-refractivity contribution is 8.02. The van der Waals surface area contributed by atoms with Gasteiger partial charge in [-0.25, -0.2) is 0 Å². The molecule has 158 valence electrons. The summed E-state index contributed by atoms with van der Waals surface area (Å²) in [6.45, 7) is 2.27. The van der Waals surface area contributed by atoms with Crippen molar-refractivity contribution in [1.82, 2.24) is 10.2 Å². The summed E-state index contributed by atoms with van der Waals surface area (Å²) < 4.78 is 2.08. The molecule has 2 aromatic rings. The number of hydrogen-bond donors (Lipinski definition) is 0. The maximum atomic E-state index is 8.44. The molecule has 0 spiro atoms. The normalized spacial score (nSPS) is 10.8. The first kappa shape index (κ1) is 24.1. The molecular formula is C21H31N5S3. The van der Waals surface area contributed by atoms with Crippen molar-refractivity contribution in [2.24, 2.45) is 5.11 Å². The molecule has 0 bridgehead atoms. The van der Waals surface area contributed by atoms with E-state index in [9.17, 15) is 0 Å². The van der Waals surface area contributed by atoms with Gasteiger partial charge in [0, 0.05) is 22.1 Å². The Morgan fingerprint density at radius 3 is 2.07 bits per heavy atom. The van der Waals surface area contributed by atoms with Crippen molar-refractivity contribution >= 4 is 40.5 Å². The van der Waals surface area contributed by atoms with Crippen molar-refractivity contribution in [1.29, 1.82) is 0 Å². The Morgan fingerprint density at radius 1 is 0.862 bits per heavy atom. The fraction of sp³-hybridized carbons (Fsp3) is 0.619. The van der Waals surface area contributed by atoms with Crippen molar-refractivity contribution in [3.05, 3.63) is 40.3 Å². The minimum atomic E-state index is 0.642. The van der Waals surface area contributed by atoms with E-state index in [-0.39, 0.29) is 0 Å². The van der Waals surface area contributed by atoms with E-state index < -0.39 is 0 Å². The van der Waals surface area contributed by atoms with Crippen LogP contribution in [-0.2, 0) is 5.75 Å². The molecule has 0 aliphatic rings. The van der Waals surface area contributed by atoms with Crippen LogP contribution in [0.15, 0.2) is 38.1 Å². The summed E-state index contributed by atoms with van der Waals surface area (Å²) in [5, 5.41) is 12.2. The first-order chi connectivity index (χ1) is 14.3. The quantitative estimate of drug-likeness (QED) is 0.0843. The van der Waals surface area contributed by atoms with Crippen molar-refractivity contribution in [2.45, 2.75) is 85.6 Å². The zero-order valence-corrected chi connectivity index (χ0v) is 19.7.